The second kappa shape index (κ2) is 6.08. The lowest BCUT2D eigenvalue weighted by Gasteiger charge is -2.45. The van der Waals surface area contributed by atoms with Gasteiger partial charge in [0.25, 0.3) is 0 Å². The molecule has 0 aliphatic carbocycles. The molecular formula is C13H26N2O3S. The van der Waals surface area contributed by atoms with Crippen LogP contribution in [-0.4, -0.2) is 63.2 Å². The minimum Gasteiger partial charge on any atom is -0.377 e. The van der Waals surface area contributed by atoms with E-state index in [2.05, 4.69) is 11.9 Å². The van der Waals surface area contributed by atoms with Crippen LogP contribution in [0.15, 0.2) is 0 Å². The molecule has 0 aromatic rings. The van der Waals surface area contributed by atoms with Gasteiger partial charge in [-0.3, -0.25) is 4.90 Å². The van der Waals surface area contributed by atoms with Crippen molar-refractivity contribution in [1.82, 2.24) is 4.90 Å². The van der Waals surface area contributed by atoms with E-state index in [1.165, 1.54) is 6.42 Å². The zero-order valence-electron chi connectivity index (χ0n) is 11.8. The maximum atomic E-state index is 11.6. The minimum atomic E-state index is -2.84. The predicted molar refractivity (Wildman–Crippen MR) is 75.9 cm³/mol. The maximum Gasteiger partial charge on any atom is 0.150 e. The van der Waals surface area contributed by atoms with Crippen molar-refractivity contribution in [2.24, 2.45) is 5.73 Å². The highest BCUT2D eigenvalue weighted by Gasteiger charge is 2.40. The molecule has 2 aliphatic heterocycles. The van der Waals surface area contributed by atoms with Crippen LogP contribution in [0.2, 0.25) is 0 Å². The highest BCUT2D eigenvalue weighted by molar-refractivity contribution is 7.91. The van der Waals surface area contributed by atoms with E-state index in [1.807, 2.05) is 0 Å². The maximum absolute atomic E-state index is 11.6. The van der Waals surface area contributed by atoms with E-state index in [0.29, 0.717) is 19.4 Å². The molecule has 0 radical (unpaired) electrons. The number of likely N-dealkylation sites (N-methyl/N-ethyl adjacent to an activating group) is 1. The summed E-state index contributed by atoms with van der Waals surface area (Å²) in [5.41, 5.74) is 5.79. The van der Waals surface area contributed by atoms with Crippen LogP contribution in [0.3, 0.4) is 0 Å². The zero-order valence-corrected chi connectivity index (χ0v) is 12.6. The molecule has 1 atom stereocenters. The predicted octanol–water partition coefficient (Wildman–Crippen LogP) is 0.393. The Morgan fingerprint density at radius 1 is 1.32 bits per heavy atom. The Labute approximate surface area is 116 Å². The second-order valence-corrected chi connectivity index (χ2v) is 8.25. The molecule has 2 aliphatic rings. The quantitative estimate of drug-likeness (QED) is 0.811. The first-order chi connectivity index (χ1) is 8.97. The van der Waals surface area contributed by atoms with Gasteiger partial charge in [-0.2, -0.15) is 0 Å². The van der Waals surface area contributed by atoms with Crippen LogP contribution in [0.25, 0.3) is 0 Å². The minimum absolute atomic E-state index is 0.161. The van der Waals surface area contributed by atoms with Gasteiger partial charge in [-0.1, -0.05) is 0 Å². The van der Waals surface area contributed by atoms with Crippen LogP contribution in [0.5, 0.6) is 0 Å². The van der Waals surface area contributed by atoms with Gasteiger partial charge in [0.15, 0.2) is 0 Å². The molecule has 0 spiro atoms. The molecule has 2 heterocycles. The van der Waals surface area contributed by atoms with Crippen molar-refractivity contribution < 1.29 is 13.2 Å². The van der Waals surface area contributed by atoms with E-state index in [4.69, 9.17) is 10.5 Å². The van der Waals surface area contributed by atoms with Crippen LogP contribution in [0.1, 0.15) is 32.1 Å². The van der Waals surface area contributed by atoms with Gasteiger partial charge in [-0.05, 0) is 39.2 Å². The standard InChI is InChI=1S/C13H26N2O3S/c1-15(10-12-4-2-3-7-18-12)13(11-14)5-8-19(16,17)9-6-13/h12H,2-11,14H2,1H3. The summed E-state index contributed by atoms with van der Waals surface area (Å²) in [5.74, 6) is 0.528. The average Bonchev–Trinajstić information content (AvgIpc) is 2.40. The fourth-order valence-electron chi connectivity index (χ4n) is 3.11. The van der Waals surface area contributed by atoms with Gasteiger partial charge < -0.3 is 10.5 Å². The van der Waals surface area contributed by atoms with E-state index in [0.717, 1.165) is 26.0 Å². The molecule has 19 heavy (non-hydrogen) atoms. The number of sulfone groups is 1. The third-order valence-electron chi connectivity index (χ3n) is 4.70. The molecule has 5 nitrogen and oxygen atoms in total. The number of ether oxygens (including phenoxy) is 1. The molecule has 112 valence electrons. The van der Waals surface area contributed by atoms with Gasteiger partial charge in [0.1, 0.15) is 9.84 Å². The second-order valence-electron chi connectivity index (χ2n) is 5.95. The molecule has 6 heteroatoms. The van der Waals surface area contributed by atoms with Gasteiger partial charge in [-0.15, -0.1) is 0 Å². The topological polar surface area (TPSA) is 72.6 Å². The lowest BCUT2D eigenvalue weighted by Crippen LogP contribution is -2.58. The van der Waals surface area contributed by atoms with Crippen molar-refractivity contribution in [2.45, 2.75) is 43.7 Å². The van der Waals surface area contributed by atoms with Gasteiger partial charge in [0.05, 0.1) is 17.6 Å². The van der Waals surface area contributed by atoms with Crippen molar-refractivity contribution in [2.75, 3.05) is 38.2 Å². The summed E-state index contributed by atoms with van der Waals surface area (Å²) in [6.07, 6.45) is 5.05. The molecule has 0 bridgehead atoms. The van der Waals surface area contributed by atoms with Crippen LogP contribution in [0.4, 0.5) is 0 Å². The summed E-state index contributed by atoms with van der Waals surface area (Å²) in [7, 11) is -0.786. The Balaban J connectivity index is 1.96. The normalized spacial score (nSPS) is 30.4. The van der Waals surface area contributed by atoms with Crippen molar-refractivity contribution in [1.29, 1.82) is 0 Å². The largest absolute Gasteiger partial charge is 0.377 e. The van der Waals surface area contributed by atoms with Gasteiger partial charge >= 0.3 is 0 Å². The number of hydrogen-bond donors (Lipinski definition) is 1. The lowest BCUT2D eigenvalue weighted by molar-refractivity contribution is -0.0244. The molecule has 2 rings (SSSR count). The fourth-order valence-corrected chi connectivity index (χ4v) is 4.70. The molecule has 1 unspecified atom stereocenters. The molecule has 0 aromatic carbocycles. The van der Waals surface area contributed by atoms with Gasteiger partial charge in [0, 0.05) is 25.2 Å². The van der Waals surface area contributed by atoms with Crippen LogP contribution >= 0.6 is 0 Å². The Morgan fingerprint density at radius 3 is 2.53 bits per heavy atom. The van der Waals surface area contributed by atoms with E-state index in [1.54, 1.807) is 0 Å². The first kappa shape index (κ1) is 15.2. The van der Waals surface area contributed by atoms with Crippen molar-refractivity contribution >= 4 is 9.84 Å². The fraction of sp³-hybridized carbons (Fsp3) is 1.00. The van der Waals surface area contributed by atoms with E-state index in [-0.39, 0.29) is 23.1 Å². The van der Waals surface area contributed by atoms with Crippen molar-refractivity contribution in [3.8, 4) is 0 Å². The van der Waals surface area contributed by atoms with Crippen LogP contribution < -0.4 is 5.73 Å². The average molecular weight is 290 g/mol. The SMILES string of the molecule is CN(CC1CCCCO1)C1(CN)CCS(=O)(=O)CC1. The summed E-state index contributed by atoms with van der Waals surface area (Å²) in [4.78, 5) is 2.25. The summed E-state index contributed by atoms with van der Waals surface area (Å²) in [6, 6.07) is 0. The lowest BCUT2D eigenvalue weighted by atomic mass is 9.90. The van der Waals surface area contributed by atoms with Crippen LogP contribution in [-0.2, 0) is 14.6 Å². The summed E-state index contributed by atoms with van der Waals surface area (Å²) in [5, 5.41) is 0. The van der Waals surface area contributed by atoms with Crippen molar-refractivity contribution in [3.63, 3.8) is 0 Å². The first-order valence-corrected chi connectivity index (χ1v) is 9.03. The highest BCUT2D eigenvalue weighted by Crippen LogP contribution is 2.29. The van der Waals surface area contributed by atoms with E-state index in [9.17, 15) is 8.42 Å². The summed E-state index contributed by atoms with van der Waals surface area (Å²) in [6.45, 7) is 2.23. The Kier molecular flexibility index (Phi) is 4.87. The number of rotatable bonds is 4. The van der Waals surface area contributed by atoms with Gasteiger partial charge in [0.2, 0.25) is 0 Å². The Bertz CT molecular complexity index is 377. The molecule has 2 N–H and O–H groups in total. The Morgan fingerprint density at radius 2 is 2.00 bits per heavy atom. The summed E-state index contributed by atoms with van der Waals surface area (Å²) >= 11 is 0. The van der Waals surface area contributed by atoms with E-state index < -0.39 is 9.84 Å². The first-order valence-electron chi connectivity index (χ1n) is 7.21. The molecule has 0 saturated carbocycles. The Hall–Kier alpha value is -0.170. The monoisotopic (exact) mass is 290 g/mol. The molecular weight excluding hydrogens is 264 g/mol. The van der Waals surface area contributed by atoms with Gasteiger partial charge in [-0.25, -0.2) is 8.42 Å². The molecule has 2 saturated heterocycles. The van der Waals surface area contributed by atoms with Crippen molar-refractivity contribution in [3.05, 3.63) is 0 Å². The van der Waals surface area contributed by atoms with E-state index >= 15 is 0 Å². The third kappa shape index (κ3) is 3.68. The highest BCUT2D eigenvalue weighted by atomic mass is 32.2. The smallest absolute Gasteiger partial charge is 0.150 e. The third-order valence-corrected chi connectivity index (χ3v) is 6.35. The number of nitrogens with two attached hydrogens (primary N) is 1. The molecule has 0 aromatic heterocycles. The van der Waals surface area contributed by atoms with Crippen LogP contribution in [0, 0.1) is 0 Å². The zero-order chi connectivity index (χ0) is 13.9. The molecule has 0 amide bonds. The number of nitrogens with zero attached hydrogens (tertiary/aromatic N) is 1. The molecule has 2 fully saturated rings. The number of hydrogen-bond acceptors (Lipinski definition) is 5. The summed E-state index contributed by atoms with van der Waals surface area (Å²) < 4.78 is 28.9.